The van der Waals surface area contributed by atoms with E-state index in [1.54, 1.807) is 0 Å². The summed E-state index contributed by atoms with van der Waals surface area (Å²) >= 11 is 0. The molecule has 0 aromatic heterocycles. The zero-order valence-electron chi connectivity index (χ0n) is 8.83. The van der Waals surface area contributed by atoms with Crippen molar-refractivity contribution in [2.45, 2.75) is 6.42 Å². The molecule has 0 saturated heterocycles. The third-order valence-corrected chi connectivity index (χ3v) is 2.46. The highest BCUT2D eigenvalue weighted by Gasteiger charge is 2.23. The molecule has 7 nitrogen and oxygen atoms in total. The average Bonchev–Trinajstić information content (AvgIpc) is 2.49. The Morgan fingerprint density at radius 2 is 2.29 bits per heavy atom. The first-order valence-electron chi connectivity index (χ1n) is 5.01. The molecule has 1 aromatic rings. The van der Waals surface area contributed by atoms with Crippen molar-refractivity contribution in [3.05, 3.63) is 28.3 Å². The Kier molecular flexibility index (Phi) is 2.82. The van der Waals surface area contributed by atoms with Gasteiger partial charge >= 0.3 is 6.09 Å². The normalized spacial score (nSPS) is 14.5. The highest BCUT2D eigenvalue weighted by Crippen LogP contribution is 2.34. The summed E-state index contributed by atoms with van der Waals surface area (Å²) in [6.45, 7) is 0.665. The number of hydrogen-bond acceptors (Lipinski definition) is 4. The maximum absolute atomic E-state index is 11.0. The van der Waals surface area contributed by atoms with E-state index in [0.717, 1.165) is 4.90 Å². The van der Waals surface area contributed by atoms with Crippen LogP contribution in [0.25, 0.3) is 0 Å². The quantitative estimate of drug-likeness (QED) is 0.595. The van der Waals surface area contributed by atoms with E-state index in [1.165, 1.54) is 18.2 Å². The molecule has 0 bridgehead atoms. The fourth-order valence-corrected chi connectivity index (χ4v) is 1.68. The fourth-order valence-electron chi connectivity index (χ4n) is 1.68. The molecule has 1 amide bonds. The van der Waals surface area contributed by atoms with Crippen molar-refractivity contribution in [3.63, 3.8) is 0 Å². The van der Waals surface area contributed by atoms with Crippen LogP contribution in [0.4, 0.5) is 16.2 Å². The smallest absolute Gasteiger partial charge is 0.411 e. The van der Waals surface area contributed by atoms with E-state index in [-0.39, 0.29) is 11.4 Å². The van der Waals surface area contributed by atoms with E-state index in [0.29, 0.717) is 25.3 Å². The second-order valence-corrected chi connectivity index (χ2v) is 3.55. The fraction of sp³-hybridized carbons (Fsp3) is 0.300. The minimum atomic E-state index is -1.09. The zero-order chi connectivity index (χ0) is 12.4. The first-order valence-corrected chi connectivity index (χ1v) is 5.01. The van der Waals surface area contributed by atoms with Gasteiger partial charge in [-0.05, 0) is 12.5 Å². The molecule has 1 aromatic carbocycles. The van der Waals surface area contributed by atoms with Gasteiger partial charge < -0.3 is 9.84 Å². The molecule has 0 atom stereocenters. The molecule has 1 heterocycles. The van der Waals surface area contributed by atoms with Crippen LogP contribution < -0.4 is 9.64 Å². The van der Waals surface area contributed by atoms with Crippen LogP contribution in [0.1, 0.15) is 6.42 Å². The van der Waals surface area contributed by atoms with Crippen molar-refractivity contribution in [2.24, 2.45) is 0 Å². The lowest BCUT2D eigenvalue weighted by atomic mass is 10.2. The average molecular weight is 238 g/mol. The summed E-state index contributed by atoms with van der Waals surface area (Å²) in [5.41, 5.74) is 0.233. The molecule has 0 saturated carbocycles. The van der Waals surface area contributed by atoms with Crippen molar-refractivity contribution < 1.29 is 19.6 Å². The molecular formula is C10H10N2O5. The molecule has 1 aliphatic heterocycles. The van der Waals surface area contributed by atoms with Crippen LogP contribution in [-0.2, 0) is 0 Å². The second kappa shape index (κ2) is 4.28. The van der Waals surface area contributed by atoms with Crippen molar-refractivity contribution >= 4 is 17.5 Å². The van der Waals surface area contributed by atoms with Crippen LogP contribution in [0.15, 0.2) is 18.2 Å². The van der Waals surface area contributed by atoms with Crippen molar-refractivity contribution in [1.29, 1.82) is 0 Å². The lowest BCUT2D eigenvalue weighted by Crippen LogP contribution is -2.29. The maximum Gasteiger partial charge on any atom is 0.411 e. The monoisotopic (exact) mass is 238 g/mol. The molecule has 0 unspecified atom stereocenters. The van der Waals surface area contributed by atoms with E-state index in [2.05, 4.69) is 0 Å². The van der Waals surface area contributed by atoms with Gasteiger partial charge in [-0.2, -0.15) is 0 Å². The number of nitro benzene ring substituents is 1. The predicted octanol–water partition coefficient (Wildman–Crippen LogP) is 1.86. The summed E-state index contributed by atoms with van der Waals surface area (Å²) in [5.74, 6) is 0.235. The number of non-ortho nitro benzene ring substituents is 1. The number of hydrogen-bond donors (Lipinski definition) is 1. The number of anilines is 1. The van der Waals surface area contributed by atoms with Crippen LogP contribution in [0.5, 0.6) is 5.75 Å². The molecule has 0 spiro atoms. The van der Waals surface area contributed by atoms with Crippen LogP contribution in [0, 0.1) is 10.1 Å². The van der Waals surface area contributed by atoms with Crippen LogP contribution >= 0.6 is 0 Å². The van der Waals surface area contributed by atoms with E-state index < -0.39 is 11.0 Å². The van der Waals surface area contributed by atoms with Gasteiger partial charge in [-0.3, -0.25) is 15.0 Å². The minimum absolute atomic E-state index is 0.115. The van der Waals surface area contributed by atoms with Crippen molar-refractivity contribution in [3.8, 4) is 5.75 Å². The van der Waals surface area contributed by atoms with Gasteiger partial charge in [0.1, 0.15) is 5.75 Å². The van der Waals surface area contributed by atoms with Crippen LogP contribution in [-0.4, -0.2) is 29.3 Å². The molecule has 90 valence electrons. The summed E-state index contributed by atoms with van der Waals surface area (Å²) in [6.07, 6.45) is -0.542. The van der Waals surface area contributed by atoms with Gasteiger partial charge in [0.25, 0.3) is 5.69 Å². The first-order chi connectivity index (χ1) is 8.09. The standard InChI is InChI=1S/C10H10N2O5/c13-10(14)11-4-1-5-17-9-6-7(12(15)16)2-3-8(9)11/h2-3,6H,1,4-5H2,(H,13,14). The number of amides is 1. The number of nitrogens with zero attached hydrogens (tertiary/aromatic N) is 2. The number of rotatable bonds is 1. The van der Waals surface area contributed by atoms with Crippen molar-refractivity contribution in [2.75, 3.05) is 18.1 Å². The third kappa shape index (κ3) is 2.12. The van der Waals surface area contributed by atoms with Gasteiger partial charge in [0.2, 0.25) is 0 Å². The maximum atomic E-state index is 11.0. The van der Waals surface area contributed by atoms with Crippen LogP contribution in [0.2, 0.25) is 0 Å². The SMILES string of the molecule is O=C(O)N1CCCOc2cc([N+](=O)[O-])ccc21. The molecule has 0 radical (unpaired) electrons. The van der Waals surface area contributed by atoms with E-state index in [4.69, 9.17) is 9.84 Å². The summed E-state index contributed by atoms with van der Waals surface area (Å²) in [4.78, 5) is 22.2. The molecule has 17 heavy (non-hydrogen) atoms. The number of carboxylic acid groups (broad SMARTS) is 1. The number of fused-ring (bicyclic) bond motifs is 1. The Hall–Kier alpha value is -2.31. The number of ether oxygens (including phenoxy) is 1. The number of nitro groups is 1. The Balaban J connectivity index is 2.46. The van der Waals surface area contributed by atoms with Gasteiger partial charge in [-0.15, -0.1) is 0 Å². The zero-order valence-corrected chi connectivity index (χ0v) is 8.83. The third-order valence-electron chi connectivity index (χ3n) is 2.46. The molecule has 0 aliphatic carbocycles. The van der Waals surface area contributed by atoms with E-state index in [9.17, 15) is 14.9 Å². The summed E-state index contributed by atoms with van der Waals surface area (Å²) < 4.78 is 5.31. The molecule has 1 aliphatic rings. The van der Waals surface area contributed by atoms with E-state index in [1.807, 2.05) is 0 Å². The Bertz CT molecular complexity index is 474. The van der Waals surface area contributed by atoms with Gasteiger partial charge in [-0.25, -0.2) is 4.79 Å². The molecule has 2 rings (SSSR count). The van der Waals surface area contributed by atoms with Gasteiger partial charge in [0.05, 0.1) is 23.3 Å². The summed E-state index contributed by atoms with van der Waals surface area (Å²) in [7, 11) is 0. The van der Waals surface area contributed by atoms with Gasteiger partial charge in [-0.1, -0.05) is 0 Å². The Labute approximate surface area is 96.4 Å². The van der Waals surface area contributed by atoms with Crippen LogP contribution in [0.3, 0.4) is 0 Å². The Morgan fingerprint density at radius 1 is 1.53 bits per heavy atom. The predicted molar refractivity (Wildman–Crippen MR) is 58.6 cm³/mol. The topological polar surface area (TPSA) is 92.9 Å². The summed E-state index contributed by atoms with van der Waals surface area (Å²) in [6, 6.07) is 3.91. The molecule has 0 fully saturated rings. The number of carbonyl (C=O) groups is 1. The number of benzene rings is 1. The molecular weight excluding hydrogens is 228 g/mol. The molecule has 1 N–H and O–H groups in total. The second-order valence-electron chi connectivity index (χ2n) is 3.55. The first kappa shape index (κ1) is 11.2. The lowest BCUT2D eigenvalue weighted by molar-refractivity contribution is -0.384. The molecule has 7 heteroatoms. The van der Waals surface area contributed by atoms with Gasteiger partial charge in [0, 0.05) is 12.6 Å². The van der Waals surface area contributed by atoms with Crippen molar-refractivity contribution in [1.82, 2.24) is 0 Å². The minimum Gasteiger partial charge on any atom is -0.491 e. The largest absolute Gasteiger partial charge is 0.491 e. The highest BCUT2D eigenvalue weighted by atomic mass is 16.6. The van der Waals surface area contributed by atoms with Gasteiger partial charge in [0.15, 0.2) is 0 Å². The lowest BCUT2D eigenvalue weighted by Gasteiger charge is -2.17. The highest BCUT2D eigenvalue weighted by molar-refractivity contribution is 5.88. The van der Waals surface area contributed by atoms with E-state index >= 15 is 0 Å². The Morgan fingerprint density at radius 3 is 2.94 bits per heavy atom. The summed E-state index contributed by atoms with van der Waals surface area (Å²) in [5, 5.41) is 19.6.